The first-order chi connectivity index (χ1) is 12.0. The van der Waals surface area contributed by atoms with E-state index < -0.39 is 0 Å². The molecular weight excluding hydrogens is 314 g/mol. The van der Waals surface area contributed by atoms with Gasteiger partial charge in [0.25, 0.3) is 0 Å². The van der Waals surface area contributed by atoms with Gasteiger partial charge in [-0.2, -0.15) is 0 Å². The maximum absolute atomic E-state index is 11.9. The number of fused-ring (bicyclic) bond motifs is 1. The van der Waals surface area contributed by atoms with E-state index in [4.69, 9.17) is 4.42 Å². The minimum Gasteiger partial charge on any atom is -0.508 e. The summed E-state index contributed by atoms with van der Waals surface area (Å²) in [7, 11) is 2.12. The van der Waals surface area contributed by atoms with Crippen molar-refractivity contribution in [1.29, 1.82) is 0 Å². The largest absolute Gasteiger partial charge is 0.508 e. The van der Waals surface area contributed by atoms with E-state index in [1.54, 1.807) is 12.1 Å². The number of rotatable bonds is 5. The average molecular weight is 338 g/mol. The first kappa shape index (κ1) is 17.2. The molecule has 1 atom stereocenters. The smallest absolute Gasteiger partial charge is 0.336 e. The first-order valence-corrected chi connectivity index (χ1v) is 8.62. The summed E-state index contributed by atoms with van der Waals surface area (Å²) in [5, 5.41) is 10.9. The van der Waals surface area contributed by atoms with Crippen molar-refractivity contribution >= 4 is 11.0 Å². The zero-order valence-corrected chi connectivity index (χ0v) is 14.9. The molecule has 0 saturated heterocycles. The molecule has 0 aliphatic heterocycles. The molecule has 1 heterocycles. The molecule has 0 fully saturated rings. The number of aryl methyl sites for hydroxylation is 2. The first-order valence-electron chi connectivity index (χ1n) is 8.62. The number of benzene rings is 2. The monoisotopic (exact) mass is 338 g/mol. The standard InChI is InChI=1S/C21H23NO3/c1-4-15-9-18-17(10-21(24)25-20(18)11-19(15)23)13-22(3)12-16-8-6-5-7-14(16)2/h5-11,23H,4,12-13H2,1-3H3/p+1. The van der Waals surface area contributed by atoms with E-state index in [1.165, 1.54) is 16.0 Å². The second-order valence-corrected chi connectivity index (χ2v) is 6.66. The predicted octanol–water partition coefficient (Wildman–Crippen LogP) is 2.58. The van der Waals surface area contributed by atoms with Crippen molar-refractivity contribution in [2.24, 2.45) is 0 Å². The van der Waals surface area contributed by atoms with Gasteiger partial charge in [0.15, 0.2) is 0 Å². The third kappa shape index (κ3) is 3.74. The number of quaternary nitrogens is 1. The van der Waals surface area contributed by atoms with Crippen LogP contribution in [-0.2, 0) is 19.5 Å². The van der Waals surface area contributed by atoms with Gasteiger partial charge >= 0.3 is 5.63 Å². The lowest BCUT2D eigenvalue weighted by molar-refractivity contribution is -0.907. The normalized spacial score (nSPS) is 12.4. The summed E-state index contributed by atoms with van der Waals surface area (Å²) in [5.74, 6) is 0.177. The Labute approximate surface area is 147 Å². The highest BCUT2D eigenvalue weighted by molar-refractivity contribution is 5.82. The molecular formula is C21H24NO3+. The number of hydrogen-bond donors (Lipinski definition) is 2. The Morgan fingerprint density at radius 1 is 1.04 bits per heavy atom. The topological polar surface area (TPSA) is 54.9 Å². The van der Waals surface area contributed by atoms with Gasteiger partial charge in [0.2, 0.25) is 0 Å². The second-order valence-electron chi connectivity index (χ2n) is 6.66. The highest BCUT2D eigenvalue weighted by Crippen LogP contribution is 2.26. The Hall–Kier alpha value is -2.59. The molecule has 1 unspecified atom stereocenters. The lowest BCUT2D eigenvalue weighted by atomic mass is 10.0. The van der Waals surface area contributed by atoms with Crippen molar-refractivity contribution in [3.63, 3.8) is 0 Å². The van der Waals surface area contributed by atoms with Crippen molar-refractivity contribution in [1.82, 2.24) is 0 Å². The van der Waals surface area contributed by atoms with Crippen molar-refractivity contribution in [2.45, 2.75) is 33.4 Å². The van der Waals surface area contributed by atoms with Gasteiger partial charge in [-0.3, -0.25) is 0 Å². The molecule has 2 N–H and O–H groups in total. The van der Waals surface area contributed by atoms with Crippen molar-refractivity contribution in [3.8, 4) is 5.75 Å². The summed E-state index contributed by atoms with van der Waals surface area (Å²) in [5.41, 5.74) is 4.46. The fourth-order valence-electron chi connectivity index (χ4n) is 3.26. The van der Waals surface area contributed by atoms with Gasteiger partial charge in [0.1, 0.15) is 24.4 Å². The summed E-state index contributed by atoms with van der Waals surface area (Å²) < 4.78 is 5.28. The van der Waals surface area contributed by atoms with E-state index in [-0.39, 0.29) is 11.4 Å². The van der Waals surface area contributed by atoms with Crippen molar-refractivity contribution < 1.29 is 14.4 Å². The molecule has 4 nitrogen and oxygen atoms in total. The van der Waals surface area contributed by atoms with E-state index >= 15 is 0 Å². The van der Waals surface area contributed by atoms with Crippen LogP contribution in [0.25, 0.3) is 11.0 Å². The van der Waals surface area contributed by atoms with Crippen LogP contribution in [0.15, 0.2) is 51.7 Å². The van der Waals surface area contributed by atoms with Crippen LogP contribution in [0, 0.1) is 6.92 Å². The van der Waals surface area contributed by atoms with E-state index in [1.807, 2.05) is 19.1 Å². The SMILES string of the molecule is CCc1cc2c(C[NH+](C)Cc3ccccc3C)cc(=O)oc2cc1O. The van der Waals surface area contributed by atoms with Crippen LogP contribution < -0.4 is 10.5 Å². The fraction of sp³-hybridized carbons (Fsp3) is 0.286. The molecule has 0 spiro atoms. The molecule has 0 aliphatic carbocycles. The Kier molecular flexibility index (Phi) is 4.91. The summed E-state index contributed by atoms with van der Waals surface area (Å²) in [6.45, 7) is 5.71. The summed E-state index contributed by atoms with van der Waals surface area (Å²) >= 11 is 0. The molecule has 2 aromatic carbocycles. The quantitative estimate of drug-likeness (QED) is 0.703. The lowest BCUT2D eigenvalue weighted by Crippen LogP contribution is -3.06. The van der Waals surface area contributed by atoms with Crippen LogP contribution in [0.4, 0.5) is 0 Å². The molecule has 130 valence electrons. The van der Waals surface area contributed by atoms with Crippen LogP contribution in [0.2, 0.25) is 0 Å². The zero-order chi connectivity index (χ0) is 18.0. The van der Waals surface area contributed by atoms with Gasteiger partial charge in [-0.1, -0.05) is 31.2 Å². The summed E-state index contributed by atoms with van der Waals surface area (Å²) in [6.07, 6.45) is 0.728. The third-order valence-electron chi connectivity index (χ3n) is 4.66. The van der Waals surface area contributed by atoms with Gasteiger partial charge in [-0.25, -0.2) is 4.79 Å². The molecule has 0 aliphatic rings. The van der Waals surface area contributed by atoms with Gasteiger partial charge in [0, 0.05) is 28.6 Å². The minimum atomic E-state index is -0.380. The molecule has 1 aromatic heterocycles. The summed E-state index contributed by atoms with van der Waals surface area (Å²) in [6, 6.07) is 13.4. The van der Waals surface area contributed by atoms with Crippen molar-refractivity contribution in [2.75, 3.05) is 7.05 Å². The molecule has 0 amide bonds. The molecule has 0 saturated carbocycles. The zero-order valence-electron chi connectivity index (χ0n) is 14.9. The summed E-state index contributed by atoms with van der Waals surface area (Å²) in [4.78, 5) is 13.2. The third-order valence-corrected chi connectivity index (χ3v) is 4.66. The molecule has 3 aromatic rings. The van der Waals surface area contributed by atoms with Crippen molar-refractivity contribution in [3.05, 3.63) is 75.1 Å². The van der Waals surface area contributed by atoms with Gasteiger partial charge in [-0.05, 0) is 30.5 Å². The number of phenols is 1. The number of hydrogen-bond acceptors (Lipinski definition) is 3. The second kappa shape index (κ2) is 7.11. The molecule has 0 radical (unpaired) electrons. The highest BCUT2D eigenvalue weighted by Gasteiger charge is 2.14. The maximum Gasteiger partial charge on any atom is 0.336 e. The Balaban J connectivity index is 1.95. The van der Waals surface area contributed by atoms with E-state index in [0.717, 1.165) is 29.5 Å². The number of phenolic OH excluding ortho intramolecular Hbond substituents is 1. The number of aromatic hydroxyl groups is 1. The Morgan fingerprint density at radius 3 is 2.48 bits per heavy atom. The van der Waals surface area contributed by atoms with E-state index in [0.29, 0.717) is 12.1 Å². The van der Waals surface area contributed by atoms with Crippen LogP contribution >= 0.6 is 0 Å². The van der Waals surface area contributed by atoms with Crippen LogP contribution in [0.5, 0.6) is 5.75 Å². The van der Waals surface area contributed by atoms with Crippen LogP contribution in [0.3, 0.4) is 0 Å². The fourth-order valence-corrected chi connectivity index (χ4v) is 3.26. The van der Waals surface area contributed by atoms with E-state index in [2.05, 4.69) is 32.2 Å². The average Bonchev–Trinajstić information content (AvgIpc) is 2.56. The van der Waals surface area contributed by atoms with Crippen LogP contribution in [-0.4, -0.2) is 12.2 Å². The Bertz CT molecular complexity index is 959. The highest BCUT2D eigenvalue weighted by atomic mass is 16.4. The van der Waals surface area contributed by atoms with Gasteiger partial charge in [-0.15, -0.1) is 0 Å². The van der Waals surface area contributed by atoms with E-state index in [9.17, 15) is 9.90 Å². The number of nitrogens with one attached hydrogen (secondary N) is 1. The molecule has 0 bridgehead atoms. The van der Waals surface area contributed by atoms with Crippen LogP contribution in [0.1, 0.15) is 29.2 Å². The molecule has 25 heavy (non-hydrogen) atoms. The lowest BCUT2D eigenvalue weighted by Gasteiger charge is -2.16. The molecule has 4 heteroatoms. The predicted molar refractivity (Wildman–Crippen MR) is 99.0 cm³/mol. The molecule has 3 rings (SSSR count). The minimum absolute atomic E-state index is 0.177. The Morgan fingerprint density at radius 2 is 1.76 bits per heavy atom. The maximum atomic E-state index is 11.9. The van der Waals surface area contributed by atoms with Gasteiger partial charge < -0.3 is 14.4 Å². The van der Waals surface area contributed by atoms with Gasteiger partial charge in [0.05, 0.1) is 7.05 Å².